The van der Waals surface area contributed by atoms with Crippen molar-refractivity contribution in [2.24, 2.45) is 12.8 Å². The smallest absolute Gasteiger partial charge is 0.264 e. The molecule has 3 atom stereocenters. The Morgan fingerprint density at radius 1 is 1.19 bits per heavy atom. The Hall–Kier alpha value is -2.84. The Labute approximate surface area is 183 Å². The summed E-state index contributed by atoms with van der Waals surface area (Å²) >= 11 is 6.66. The van der Waals surface area contributed by atoms with Crippen LogP contribution in [0.15, 0.2) is 27.5 Å². The number of rotatable bonds is 2. The molecule has 8 nitrogen and oxygen atoms in total. The molecule has 2 saturated heterocycles. The Kier molecular flexibility index (Phi) is 4.01. The monoisotopic (exact) mass is 438 g/mol. The Morgan fingerprint density at radius 3 is 2.68 bits per heavy atom. The molecule has 0 spiro atoms. The average molecular weight is 439 g/mol. The van der Waals surface area contributed by atoms with Gasteiger partial charge in [-0.1, -0.05) is 17.7 Å². The van der Waals surface area contributed by atoms with Crippen molar-refractivity contribution in [3.05, 3.63) is 39.6 Å². The molecule has 9 heteroatoms. The quantitative estimate of drug-likeness (QED) is 0.496. The Morgan fingerprint density at radius 2 is 1.94 bits per heavy atom. The first-order valence-electron chi connectivity index (χ1n) is 10.6. The first-order valence-corrected chi connectivity index (χ1v) is 11.0. The first kappa shape index (κ1) is 18.9. The summed E-state index contributed by atoms with van der Waals surface area (Å²) in [6.07, 6.45) is 5.85. The van der Waals surface area contributed by atoms with Gasteiger partial charge in [0.1, 0.15) is 11.2 Å². The molecule has 2 aliphatic rings. The average Bonchev–Trinajstić information content (AvgIpc) is 3.39. The lowest BCUT2D eigenvalue weighted by Gasteiger charge is -2.38. The molecule has 0 aliphatic carbocycles. The van der Waals surface area contributed by atoms with Crippen molar-refractivity contribution in [2.45, 2.75) is 50.7 Å². The van der Waals surface area contributed by atoms with Crippen LogP contribution in [0.2, 0.25) is 5.02 Å². The maximum Gasteiger partial charge on any atom is 0.264 e. The maximum absolute atomic E-state index is 13.5. The zero-order valence-electron chi connectivity index (χ0n) is 17.4. The van der Waals surface area contributed by atoms with E-state index < -0.39 is 0 Å². The third kappa shape index (κ3) is 2.68. The van der Waals surface area contributed by atoms with Crippen molar-refractivity contribution in [1.29, 1.82) is 0 Å². The van der Waals surface area contributed by atoms with Crippen LogP contribution >= 0.6 is 11.6 Å². The van der Waals surface area contributed by atoms with Crippen LogP contribution in [0.4, 0.5) is 5.95 Å². The summed E-state index contributed by atoms with van der Waals surface area (Å²) in [6, 6.07) is 4.63. The van der Waals surface area contributed by atoms with Gasteiger partial charge in [-0.3, -0.25) is 9.36 Å². The number of H-pyrrole nitrogens is 1. The zero-order chi connectivity index (χ0) is 21.4. The molecule has 160 valence electrons. The molecule has 2 bridgehead atoms. The summed E-state index contributed by atoms with van der Waals surface area (Å²) in [5, 5.41) is 0.956. The van der Waals surface area contributed by atoms with Gasteiger partial charge < -0.3 is 20.0 Å². The van der Waals surface area contributed by atoms with E-state index in [2.05, 4.69) is 14.9 Å². The highest BCUT2D eigenvalue weighted by Crippen LogP contribution is 2.40. The number of nitrogens with two attached hydrogens (primary N) is 1. The molecule has 3 aromatic heterocycles. The van der Waals surface area contributed by atoms with E-state index in [9.17, 15) is 4.79 Å². The van der Waals surface area contributed by atoms with Crippen molar-refractivity contribution in [3.63, 3.8) is 0 Å². The van der Waals surface area contributed by atoms with Gasteiger partial charge in [0, 0.05) is 49.4 Å². The molecule has 1 aromatic carbocycles. The van der Waals surface area contributed by atoms with Gasteiger partial charge in [-0.25, -0.2) is 4.98 Å². The molecule has 0 unspecified atom stereocenters. The predicted octanol–water partition coefficient (Wildman–Crippen LogP) is 3.49. The van der Waals surface area contributed by atoms with Gasteiger partial charge in [0.15, 0.2) is 11.5 Å². The number of nitrogens with one attached hydrogen (secondary N) is 1. The van der Waals surface area contributed by atoms with Gasteiger partial charge >= 0.3 is 0 Å². The second-order valence-electron chi connectivity index (χ2n) is 8.73. The van der Waals surface area contributed by atoms with Gasteiger partial charge in [0.2, 0.25) is 5.95 Å². The molecule has 6 rings (SSSR count). The highest BCUT2D eigenvalue weighted by atomic mass is 35.5. The molecular weight excluding hydrogens is 416 g/mol. The fourth-order valence-electron chi connectivity index (χ4n) is 5.42. The standard InChI is InChI=1S/C22H23ClN6O2/c1-10-26-16-6-5-14(18(23)19(16)31-10)15-9-25-20-17(15)21(30)28(2)22(27-20)29-12-3-4-13(29)8-11(24)7-12/h5-6,9,11-13,25H,3-4,7-8,24H2,1-2H3/t11-,12+,13-. The number of piperidine rings is 1. The van der Waals surface area contributed by atoms with Gasteiger partial charge in [-0.05, 0) is 31.7 Å². The molecule has 0 amide bonds. The molecular formula is C22H23ClN6O2. The summed E-state index contributed by atoms with van der Waals surface area (Å²) in [6.45, 7) is 1.78. The number of benzene rings is 1. The van der Waals surface area contributed by atoms with E-state index in [-0.39, 0.29) is 11.6 Å². The fraction of sp³-hybridized carbons (Fsp3) is 0.409. The maximum atomic E-state index is 13.5. The third-order valence-corrected chi connectivity index (χ3v) is 7.16. The molecule has 4 aromatic rings. The predicted molar refractivity (Wildman–Crippen MR) is 121 cm³/mol. The Balaban J connectivity index is 1.52. The lowest BCUT2D eigenvalue weighted by atomic mass is 9.98. The summed E-state index contributed by atoms with van der Waals surface area (Å²) in [5.41, 5.74) is 9.33. The molecule has 0 radical (unpaired) electrons. The zero-order valence-corrected chi connectivity index (χ0v) is 18.1. The molecule has 2 fully saturated rings. The summed E-state index contributed by atoms with van der Waals surface area (Å²) in [5.74, 6) is 1.25. The normalized spacial score (nSPS) is 23.4. The lowest BCUT2D eigenvalue weighted by molar-refractivity contribution is 0.405. The second-order valence-corrected chi connectivity index (χ2v) is 9.11. The number of anilines is 1. The van der Waals surface area contributed by atoms with Crippen molar-refractivity contribution < 1.29 is 4.42 Å². The molecule has 0 saturated carbocycles. The molecule has 2 aliphatic heterocycles. The number of hydrogen-bond acceptors (Lipinski definition) is 6. The summed E-state index contributed by atoms with van der Waals surface area (Å²) in [4.78, 5) is 28.2. The largest absolute Gasteiger partial charge is 0.439 e. The minimum Gasteiger partial charge on any atom is -0.439 e. The van der Waals surface area contributed by atoms with Crippen molar-refractivity contribution in [1.82, 2.24) is 19.5 Å². The van der Waals surface area contributed by atoms with E-state index in [4.69, 9.17) is 26.7 Å². The van der Waals surface area contributed by atoms with E-state index >= 15 is 0 Å². The summed E-state index contributed by atoms with van der Waals surface area (Å²) < 4.78 is 7.33. The first-order chi connectivity index (χ1) is 14.9. The van der Waals surface area contributed by atoms with Gasteiger partial charge in [0.05, 0.1) is 10.4 Å². The van der Waals surface area contributed by atoms with Crippen molar-refractivity contribution in [2.75, 3.05) is 4.90 Å². The van der Waals surface area contributed by atoms with E-state index in [1.807, 2.05) is 12.1 Å². The van der Waals surface area contributed by atoms with Crippen LogP contribution in [0.3, 0.4) is 0 Å². The van der Waals surface area contributed by atoms with Gasteiger partial charge in [0.25, 0.3) is 5.56 Å². The number of nitrogens with zero attached hydrogens (tertiary/aromatic N) is 4. The van der Waals surface area contributed by atoms with Gasteiger partial charge in [-0.2, -0.15) is 4.98 Å². The summed E-state index contributed by atoms with van der Waals surface area (Å²) in [7, 11) is 1.79. The molecule has 5 heterocycles. The number of hydrogen-bond donors (Lipinski definition) is 2. The van der Waals surface area contributed by atoms with Crippen molar-refractivity contribution >= 4 is 39.7 Å². The topological polar surface area (TPSA) is 106 Å². The minimum atomic E-state index is -0.101. The number of oxazole rings is 1. The van der Waals surface area contributed by atoms with Gasteiger partial charge in [-0.15, -0.1) is 0 Å². The van der Waals surface area contributed by atoms with Crippen LogP contribution in [0.25, 0.3) is 33.3 Å². The number of aryl methyl sites for hydroxylation is 1. The van der Waals surface area contributed by atoms with Crippen LogP contribution in [0.1, 0.15) is 31.6 Å². The van der Waals surface area contributed by atoms with Crippen LogP contribution in [0.5, 0.6) is 0 Å². The highest BCUT2D eigenvalue weighted by molar-refractivity contribution is 6.37. The number of halogens is 1. The number of aromatic nitrogens is 4. The van der Waals surface area contributed by atoms with Crippen LogP contribution in [0, 0.1) is 6.92 Å². The fourth-order valence-corrected chi connectivity index (χ4v) is 5.72. The Bertz CT molecular complexity index is 1390. The van der Waals surface area contributed by atoms with E-state index in [1.54, 1.807) is 24.7 Å². The van der Waals surface area contributed by atoms with Crippen LogP contribution in [-0.2, 0) is 7.05 Å². The van der Waals surface area contributed by atoms with E-state index in [0.29, 0.717) is 62.2 Å². The SMILES string of the molecule is Cc1nc2ccc(-c3c[nH]c4nc(N5[C@@H]6CC[C@H]5C[C@@H](N)C6)n(C)c(=O)c34)c(Cl)c2o1. The molecule has 31 heavy (non-hydrogen) atoms. The highest BCUT2D eigenvalue weighted by Gasteiger charge is 2.41. The minimum absolute atomic E-state index is 0.101. The van der Waals surface area contributed by atoms with Crippen LogP contribution in [-0.4, -0.2) is 37.6 Å². The van der Waals surface area contributed by atoms with E-state index in [0.717, 1.165) is 25.7 Å². The van der Waals surface area contributed by atoms with E-state index in [1.165, 1.54) is 0 Å². The van der Waals surface area contributed by atoms with Crippen LogP contribution < -0.4 is 16.2 Å². The lowest BCUT2D eigenvalue weighted by Crippen LogP contribution is -2.49. The van der Waals surface area contributed by atoms with Crippen molar-refractivity contribution in [3.8, 4) is 11.1 Å². The number of aromatic amines is 1. The number of fused-ring (bicyclic) bond motifs is 4. The second kappa shape index (κ2) is 6.58. The molecule has 3 N–H and O–H groups in total. The third-order valence-electron chi connectivity index (χ3n) is 6.78.